The van der Waals surface area contributed by atoms with E-state index in [0.29, 0.717) is 18.4 Å². The Morgan fingerprint density at radius 3 is 3.06 bits per heavy atom. The molecule has 0 amide bonds. The van der Waals surface area contributed by atoms with Crippen molar-refractivity contribution >= 4 is 11.5 Å². The van der Waals surface area contributed by atoms with Crippen molar-refractivity contribution in [2.24, 2.45) is 5.92 Å². The van der Waals surface area contributed by atoms with E-state index < -0.39 is 0 Å². The number of hydrogen-bond acceptors (Lipinski definition) is 4. The molecule has 0 fully saturated rings. The number of rotatable bonds is 6. The Labute approximate surface area is 107 Å². The first-order chi connectivity index (χ1) is 8.74. The molecule has 0 radical (unpaired) electrons. The Hall–Kier alpha value is -1.78. The lowest BCUT2D eigenvalue weighted by molar-refractivity contribution is 0.245. The van der Waals surface area contributed by atoms with E-state index in [2.05, 4.69) is 29.1 Å². The number of anilines is 1. The Morgan fingerprint density at radius 1 is 1.50 bits per heavy atom. The second kappa shape index (κ2) is 5.71. The number of ether oxygens (including phenoxy) is 1. The van der Waals surface area contributed by atoms with Crippen molar-refractivity contribution in [2.45, 2.75) is 26.7 Å². The number of imidazole rings is 1. The molecule has 0 bridgehead atoms. The first-order valence-corrected chi connectivity index (χ1v) is 6.38. The van der Waals surface area contributed by atoms with Crippen molar-refractivity contribution in [2.75, 3.05) is 19.0 Å². The molecular formula is C13H20N4O. The molecule has 2 aromatic rings. The zero-order valence-corrected chi connectivity index (χ0v) is 11.2. The van der Waals surface area contributed by atoms with Gasteiger partial charge in [0.1, 0.15) is 5.82 Å². The van der Waals surface area contributed by atoms with E-state index in [1.54, 1.807) is 6.20 Å². The second-order valence-corrected chi connectivity index (χ2v) is 4.54. The van der Waals surface area contributed by atoms with Gasteiger partial charge in [0.2, 0.25) is 5.65 Å². The molecule has 5 nitrogen and oxygen atoms in total. The van der Waals surface area contributed by atoms with Crippen LogP contribution in [-0.4, -0.2) is 28.0 Å². The highest BCUT2D eigenvalue weighted by atomic mass is 16.5. The molecule has 0 aliphatic heterocycles. The Bertz CT molecular complexity index is 509. The molecule has 18 heavy (non-hydrogen) atoms. The molecule has 2 aromatic heterocycles. The third kappa shape index (κ3) is 2.72. The van der Waals surface area contributed by atoms with E-state index in [1.165, 1.54) is 6.42 Å². The quantitative estimate of drug-likeness (QED) is 0.853. The Balaban J connectivity index is 2.18. The number of fused-ring (bicyclic) bond motifs is 1. The molecule has 2 heterocycles. The smallest absolute Gasteiger partial charge is 0.260 e. The fourth-order valence-corrected chi connectivity index (χ4v) is 1.92. The second-order valence-electron chi connectivity index (χ2n) is 4.54. The predicted molar refractivity (Wildman–Crippen MR) is 72.1 cm³/mol. The lowest BCUT2D eigenvalue weighted by Crippen LogP contribution is -2.10. The van der Waals surface area contributed by atoms with Crippen molar-refractivity contribution in [1.82, 2.24) is 14.4 Å². The topological polar surface area (TPSA) is 51.5 Å². The monoisotopic (exact) mass is 248 g/mol. The summed E-state index contributed by atoms with van der Waals surface area (Å²) in [6, 6.07) is 0. The molecule has 0 aliphatic carbocycles. The van der Waals surface area contributed by atoms with Gasteiger partial charge in [-0.15, -0.1) is 0 Å². The van der Waals surface area contributed by atoms with Crippen LogP contribution in [0.1, 0.15) is 26.7 Å². The van der Waals surface area contributed by atoms with Gasteiger partial charge in [-0.2, -0.15) is 4.98 Å². The first kappa shape index (κ1) is 12.7. The summed E-state index contributed by atoms with van der Waals surface area (Å²) in [5.41, 5.74) is 0.762. The summed E-state index contributed by atoms with van der Waals surface area (Å²) < 4.78 is 7.72. The van der Waals surface area contributed by atoms with Crippen molar-refractivity contribution in [1.29, 1.82) is 0 Å². The number of nitrogens with one attached hydrogen (secondary N) is 1. The summed E-state index contributed by atoms with van der Waals surface area (Å²) in [4.78, 5) is 8.67. The van der Waals surface area contributed by atoms with Crippen molar-refractivity contribution in [3.63, 3.8) is 0 Å². The van der Waals surface area contributed by atoms with Crippen molar-refractivity contribution in [3.8, 4) is 5.88 Å². The Kier molecular flexibility index (Phi) is 4.02. The van der Waals surface area contributed by atoms with Gasteiger partial charge in [0, 0.05) is 19.4 Å². The SMILES string of the molecule is CCCC(C)COc1nc(NC)cn2ccnc12. The molecule has 0 aromatic carbocycles. The zero-order valence-electron chi connectivity index (χ0n) is 11.2. The van der Waals surface area contributed by atoms with Gasteiger partial charge in [-0.1, -0.05) is 20.3 Å². The van der Waals surface area contributed by atoms with Crippen LogP contribution in [0.15, 0.2) is 18.6 Å². The lowest BCUT2D eigenvalue weighted by atomic mass is 10.1. The van der Waals surface area contributed by atoms with Crippen molar-refractivity contribution < 1.29 is 4.74 Å². The van der Waals surface area contributed by atoms with Crippen LogP contribution in [-0.2, 0) is 0 Å². The van der Waals surface area contributed by atoms with Crippen LogP contribution in [0, 0.1) is 5.92 Å². The molecule has 1 unspecified atom stereocenters. The average Bonchev–Trinajstić information content (AvgIpc) is 2.84. The van der Waals surface area contributed by atoms with E-state index in [0.717, 1.165) is 17.9 Å². The van der Waals surface area contributed by atoms with Gasteiger partial charge in [0.05, 0.1) is 12.8 Å². The fourth-order valence-electron chi connectivity index (χ4n) is 1.92. The largest absolute Gasteiger partial charge is 0.475 e. The normalized spacial score (nSPS) is 12.6. The van der Waals surface area contributed by atoms with E-state index >= 15 is 0 Å². The summed E-state index contributed by atoms with van der Waals surface area (Å²) in [6.07, 6.45) is 7.87. The molecular weight excluding hydrogens is 228 g/mol. The van der Waals surface area contributed by atoms with Crippen molar-refractivity contribution in [3.05, 3.63) is 18.6 Å². The van der Waals surface area contributed by atoms with Crippen LogP contribution in [0.4, 0.5) is 5.82 Å². The van der Waals surface area contributed by atoms with Gasteiger partial charge in [-0.05, 0) is 12.3 Å². The molecule has 0 spiro atoms. The van der Waals surface area contributed by atoms with Crippen LogP contribution in [0.25, 0.3) is 5.65 Å². The minimum absolute atomic E-state index is 0.532. The Morgan fingerprint density at radius 2 is 2.33 bits per heavy atom. The molecule has 1 N–H and O–H groups in total. The summed E-state index contributed by atoms with van der Waals surface area (Å²) in [5, 5.41) is 3.02. The molecule has 98 valence electrons. The van der Waals surface area contributed by atoms with Gasteiger partial charge < -0.3 is 10.1 Å². The standard InChI is InChI=1S/C13H20N4O/c1-4-5-10(2)9-18-13-12-15-6-7-17(12)8-11(14-3)16-13/h6-8,10,14H,4-5,9H2,1-3H3. The van der Waals surface area contributed by atoms with Crippen LogP contribution < -0.4 is 10.1 Å². The minimum atomic E-state index is 0.532. The third-order valence-corrected chi connectivity index (χ3v) is 2.89. The van der Waals surface area contributed by atoms with Crippen LogP contribution in [0.2, 0.25) is 0 Å². The molecule has 0 saturated carbocycles. The number of hydrogen-bond donors (Lipinski definition) is 1. The van der Waals surface area contributed by atoms with E-state index in [9.17, 15) is 0 Å². The third-order valence-electron chi connectivity index (χ3n) is 2.89. The van der Waals surface area contributed by atoms with Gasteiger partial charge in [-0.25, -0.2) is 4.98 Å². The maximum atomic E-state index is 5.80. The van der Waals surface area contributed by atoms with Gasteiger partial charge >= 0.3 is 0 Å². The first-order valence-electron chi connectivity index (χ1n) is 6.38. The van der Waals surface area contributed by atoms with E-state index in [-0.39, 0.29) is 0 Å². The summed E-state index contributed by atoms with van der Waals surface area (Å²) in [6.45, 7) is 5.05. The summed E-state index contributed by atoms with van der Waals surface area (Å²) in [5.74, 6) is 1.90. The summed E-state index contributed by atoms with van der Waals surface area (Å²) in [7, 11) is 1.84. The van der Waals surface area contributed by atoms with Gasteiger partial charge in [0.25, 0.3) is 5.88 Å². The van der Waals surface area contributed by atoms with Gasteiger partial charge in [-0.3, -0.25) is 4.40 Å². The highest BCUT2D eigenvalue weighted by Gasteiger charge is 2.10. The van der Waals surface area contributed by atoms with Gasteiger partial charge in [0.15, 0.2) is 0 Å². The highest BCUT2D eigenvalue weighted by Crippen LogP contribution is 2.19. The number of aromatic nitrogens is 3. The molecule has 2 rings (SSSR count). The van der Waals surface area contributed by atoms with Crippen LogP contribution in [0.5, 0.6) is 5.88 Å². The highest BCUT2D eigenvalue weighted by molar-refractivity contribution is 5.53. The molecule has 5 heteroatoms. The predicted octanol–water partition coefficient (Wildman–Crippen LogP) is 2.59. The molecule has 1 atom stereocenters. The van der Waals surface area contributed by atoms with Crippen LogP contribution in [0.3, 0.4) is 0 Å². The number of nitrogens with zero attached hydrogens (tertiary/aromatic N) is 3. The molecule has 0 aliphatic rings. The summed E-state index contributed by atoms with van der Waals surface area (Å²) >= 11 is 0. The van der Waals surface area contributed by atoms with E-state index in [4.69, 9.17) is 4.74 Å². The maximum absolute atomic E-state index is 5.80. The minimum Gasteiger partial charge on any atom is -0.475 e. The average molecular weight is 248 g/mol. The fraction of sp³-hybridized carbons (Fsp3) is 0.538. The molecule has 0 saturated heterocycles. The van der Waals surface area contributed by atoms with E-state index in [1.807, 2.05) is 23.8 Å². The van der Waals surface area contributed by atoms with Crippen LogP contribution >= 0.6 is 0 Å². The maximum Gasteiger partial charge on any atom is 0.260 e. The lowest BCUT2D eigenvalue weighted by Gasteiger charge is -2.12. The zero-order chi connectivity index (χ0) is 13.0.